The van der Waals surface area contributed by atoms with E-state index in [9.17, 15) is 14.9 Å². The molecule has 0 saturated carbocycles. The van der Waals surface area contributed by atoms with Gasteiger partial charge in [-0.3, -0.25) is 10.1 Å². The van der Waals surface area contributed by atoms with Crippen molar-refractivity contribution >= 4 is 39.9 Å². The zero-order valence-electron chi connectivity index (χ0n) is 11.5. The zero-order valence-corrected chi connectivity index (χ0v) is 13.7. The van der Waals surface area contributed by atoms with E-state index in [1.807, 2.05) is 27.5 Å². The molecule has 1 fully saturated rings. The summed E-state index contributed by atoms with van der Waals surface area (Å²) in [6, 6.07) is 4.48. The Bertz CT molecular complexity index is 552. The number of nitro benzene ring substituents is 1. The molecule has 0 bridgehead atoms. The van der Waals surface area contributed by atoms with Crippen LogP contribution in [0.1, 0.15) is 6.92 Å². The summed E-state index contributed by atoms with van der Waals surface area (Å²) in [7, 11) is 0. The van der Waals surface area contributed by atoms with Crippen LogP contribution in [0.15, 0.2) is 18.2 Å². The van der Waals surface area contributed by atoms with Gasteiger partial charge in [-0.15, -0.1) is 0 Å². The van der Waals surface area contributed by atoms with Gasteiger partial charge in [-0.25, -0.2) is 4.79 Å². The smallest absolute Gasteiger partial charge is 0.330 e. The lowest BCUT2D eigenvalue weighted by Gasteiger charge is -2.36. The first kappa shape index (κ1) is 16.0. The van der Waals surface area contributed by atoms with E-state index in [4.69, 9.17) is 4.74 Å². The molecule has 0 amide bonds. The molecule has 0 aliphatic carbocycles. The van der Waals surface area contributed by atoms with E-state index >= 15 is 0 Å². The second-order valence-electron chi connectivity index (χ2n) is 4.56. The predicted octanol–water partition coefficient (Wildman–Crippen LogP) is 1.54. The highest BCUT2D eigenvalue weighted by Gasteiger charge is 2.30. The van der Waals surface area contributed by atoms with Gasteiger partial charge >= 0.3 is 5.97 Å². The largest absolute Gasteiger partial charge is 0.464 e. The maximum atomic E-state index is 12.0. The molecule has 0 aromatic heterocycles. The summed E-state index contributed by atoms with van der Waals surface area (Å²) in [5, 5.41) is 14.0. The zero-order chi connectivity index (χ0) is 15.4. The second kappa shape index (κ2) is 7.03. The van der Waals surface area contributed by atoms with Crippen LogP contribution in [-0.2, 0) is 9.53 Å². The minimum atomic E-state index is -0.411. The van der Waals surface area contributed by atoms with E-state index in [-0.39, 0.29) is 11.7 Å². The van der Waals surface area contributed by atoms with Crippen LogP contribution < -0.4 is 10.2 Å². The number of anilines is 1. The van der Waals surface area contributed by atoms with E-state index < -0.39 is 11.0 Å². The maximum absolute atomic E-state index is 12.0. The highest BCUT2D eigenvalue weighted by atomic mass is 127. The van der Waals surface area contributed by atoms with E-state index in [1.165, 1.54) is 6.07 Å². The average Bonchev–Trinajstić information content (AvgIpc) is 2.47. The van der Waals surface area contributed by atoms with Crippen LogP contribution in [0.2, 0.25) is 0 Å². The first-order valence-corrected chi connectivity index (χ1v) is 7.70. The third kappa shape index (κ3) is 3.62. The number of nitro groups is 1. The van der Waals surface area contributed by atoms with Crippen molar-refractivity contribution < 1.29 is 14.5 Å². The summed E-state index contributed by atoms with van der Waals surface area (Å²) < 4.78 is 5.65. The second-order valence-corrected chi connectivity index (χ2v) is 5.72. The molecule has 1 heterocycles. The molecule has 0 spiro atoms. The fraction of sp³-hybridized carbons (Fsp3) is 0.462. The molecule has 1 unspecified atom stereocenters. The highest BCUT2D eigenvalue weighted by molar-refractivity contribution is 14.1. The number of carbonyl (C=O) groups excluding carboxylic acids is 1. The van der Waals surface area contributed by atoms with Crippen LogP contribution in [0, 0.1) is 13.7 Å². The number of halogens is 1. The number of ether oxygens (including phenoxy) is 1. The Kier molecular flexibility index (Phi) is 5.34. The van der Waals surface area contributed by atoms with Gasteiger partial charge < -0.3 is 15.0 Å². The van der Waals surface area contributed by atoms with Crippen LogP contribution in [0.3, 0.4) is 0 Å². The molecule has 1 aliphatic heterocycles. The monoisotopic (exact) mass is 405 g/mol. The van der Waals surface area contributed by atoms with Crippen LogP contribution in [0.4, 0.5) is 11.4 Å². The number of rotatable bonds is 4. The Morgan fingerprint density at radius 2 is 2.38 bits per heavy atom. The molecule has 1 saturated heterocycles. The summed E-state index contributed by atoms with van der Waals surface area (Å²) in [5.41, 5.74) is 0.867. The summed E-state index contributed by atoms with van der Waals surface area (Å²) in [6.07, 6.45) is 0. The van der Waals surface area contributed by atoms with Gasteiger partial charge in [0.1, 0.15) is 6.04 Å². The highest BCUT2D eigenvalue weighted by Crippen LogP contribution is 2.28. The summed E-state index contributed by atoms with van der Waals surface area (Å²) in [6.45, 7) is 4.02. The van der Waals surface area contributed by atoms with Crippen molar-refractivity contribution in [3.63, 3.8) is 0 Å². The van der Waals surface area contributed by atoms with Gasteiger partial charge in [-0.2, -0.15) is 0 Å². The van der Waals surface area contributed by atoms with Crippen LogP contribution in [0.5, 0.6) is 0 Å². The van der Waals surface area contributed by atoms with Gasteiger partial charge in [-0.1, -0.05) is 0 Å². The summed E-state index contributed by atoms with van der Waals surface area (Å²) >= 11 is 1.94. The lowest BCUT2D eigenvalue weighted by atomic mass is 10.1. The SMILES string of the molecule is CCOC(=O)C1CNCCN1c1ccc([N+](=O)[O-])c(I)c1. The first-order chi connectivity index (χ1) is 10.0. The molecule has 2 rings (SSSR count). The third-order valence-electron chi connectivity index (χ3n) is 3.26. The van der Waals surface area contributed by atoms with Crippen molar-refractivity contribution in [3.8, 4) is 0 Å². The number of hydrogen-bond donors (Lipinski definition) is 1. The van der Waals surface area contributed by atoms with Crippen LogP contribution in [-0.4, -0.2) is 43.2 Å². The molecule has 1 aromatic rings. The molecule has 8 heteroatoms. The van der Waals surface area contributed by atoms with Gasteiger partial charge in [0.05, 0.1) is 15.1 Å². The van der Waals surface area contributed by atoms with Gasteiger partial charge in [0, 0.05) is 31.4 Å². The van der Waals surface area contributed by atoms with Crippen molar-refractivity contribution in [2.75, 3.05) is 31.1 Å². The topological polar surface area (TPSA) is 84.7 Å². The van der Waals surface area contributed by atoms with E-state index in [0.717, 1.165) is 12.2 Å². The number of hydrogen-bond acceptors (Lipinski definition) is 6. The molecule has 1 aliphatic rings. The standard InChI is InChI=1S/C13H16IN3O4/c1-2-21-13(18)12-8-15-5-6-16(12)9-3-4-11(17(19)20)10(14)7-9/h3-4,7,12,15H,2,5-6,8H2,1H3. The van der Waals surface area contributed by atoms with Crippen molar-refractivity contribution in [1.29, 1.82) is 0 Å². The van der Waals surface area contributed by atoms with Crippen molar-refractivity contribution in [3.05, 3.63) is 31.9 Å². The molecular weight excluding hydrogens is 389 g/mol. The molecule has 21 heavy (non-hydrogen) atoms. The van der Waals surface area contributed by atoms with E-state index in [2.05, 4.69) is 5.32 Å². The number of esters is 1. The molecule has 1 N–H and O–H groups in total. The van der Waals surface area contributed by atoms with Gasteiger partial charge in [0.2, 0.25) is 0 Å². The molecule has 7 nitrogen and oxygen atoms in total. The Balaban J connectivity index is 2.27. The van der Waals surface area contributed by atoms with Crippen molar-refractivity contribution in [2.24, 2.45) is 0 Å². The predicted molar refractivity (Wildman–Crippen MR) is 86.5 cm³/mol. The van der Waals surface area contributed by atoms with Crippen LogP contribution in [0.25, 0.3) is 0 Å². The Hall–Kier alpha value is -1.42. The van der Waals surface area contributed by atoms with Gasteiger partial charge in [-0.05, 0) is 41.6 Å². The fourth-order valence-corrected chi connectivity index (χ4v) is 2.98. The van der Waals surface area contributed by atoms with Crippen molar-refractivity contribution in [2.45, 2.75) is 13.0 Å². The third-order valence-corrected chi connectivity index (χ3v) is 4.13. The van der Waals surface area contributed by atoms with Crippen molar-refractivity contribution in [1.82, 2.24) is 5.32 Å². The maximum Gasteiger partial charge on any atom is 0.330 e. The minimum absolute atomic E-state index is 0.0715. The number of carbonyl (C=O) groups is 1. The first-order valence-electron chi connectivity index (χ1n) is 6.62. The normalized spacial score (nSPS) is 18.4. The van der Waals surface area contributed by atoms with E-state index in [1.54, 1.807) is 19.1 Å². The lowest BCUT2D eigenvalue weighted by Crippen LogP contribution is -2.55. The Labute approximate surface area is 135 Å². The molecule has 1 aromatic carbocycles. The summed E-state index contributed by atoms with van der Waals surface area (Å²) in [4.78, 5) is 24.4. The molecule has 0 radical (unpaired) electrons. The number of nitrogens with one attached hydrogen (secondary N) is 1. The quantitative estimate of drug-likeness (QED) is 0.354. The average molecular weight is 405 g/mol. The number of piperazine rings is 1. The Morgan fingerprint density at radius 1 is 1.62 bits per heavy atom. The molecule has 114 valence electrons. The number of benzene rings is 1. The van der Waals surface area contributed by atoms with Gasteiger partial charge in [0.25, 0.3) is 5.69 Å². The minimum Gasteiger partial charge on any atom is -0.464 e. The van der Waals surface area contributed by atoms with Crippen LogP contribution >= 0.6 is 22.6 Å². The summed E-state index contributed by atoms with van der Waals surface area (Å²) in [5.74, 6) is -0.280. The number of nitrogens with zero attached hydrogens (tertiary/aromatic N) is 2. The molecular formula is C13H16IN3O4. The molecule has 1 atom stereocenters. The van der Waals surface area contributed by atoms with Gasteiger partial charge in [0.15, 0.2) is 0 Å². The Morgan fingerprint density at radius 3 is 3.00 bits per heavy atom. The van der Waals surface area contributed by atoms with E-state index in [0.29, 0.717) is 23.3 Å². The fourth-order valence-electron chi connectivity index (χ4n) is 2.28. The lowest BCUT2D eigenvalue weighted by molar-refractivity contribution is -0.385.